The van der Waals surface area contributed by atoms with E-state index in [4.69, 9.17) is 31.0 Å². The maximum absolute atomic E-state index is 13.5. The van der Waals surface area contributed by atoms with Crippen LogP contribution in [0.25, 0.3) is 11.4 Å². The molecule has 10 heteroatoms. The normalized spacial score (nSPS) is 12.0. The third kappa shape index (κ3) is 7.43. The van der Waals surface area contributed by atoms with Crippen LogP contribution in [0.4, 0.5) is 4.39 Å². The lowest BCUT2D eigenvalue weighted by molar-refractivity contribution is 0.397. The Bertz CT molecular complexity index is 1150. The second-order valence-corrected chi connectivity index (χ2v) is 8.40. The zero-order chi connectivity index (χ0) is 26.2. The van der Waals surface area contributed by atoms with Crippen LogP contribution in [0.5, 0.6) is 11.5 Å². The standard InChI is InChI=1S/C26H30BFN6O2/c27-21-13-17(1-7-25(21)35)9-11-33(31)15-23(29)19-3-5-20(6-4-19)24(30)16-34(32)12-10-18-2-8-26(36)22(28)14-18/h1-8,13-16,35-36H,9-12,29-32H2/b23-15-,24-16-. The molecule has 2 radical (unpaired) electrons. The first-order valence-corrected chi connectivity index (χ1v) is 11.2. The van der Waals surface area contributed by atoms with E-state index in [9.17, 15) is 14.6 Å². The van der Waals surface area contributed by atoms with E-state index in [-0.39, 0.29) is 11.5 Å². The molecule has 36 heavy (non-hydrogen) atoms. The van der Waals surface area contributed by atoms with Crippen LogP contribution in [0, 0.1) is 5.82 Å². The van der Waals surface area contributed by atoms with Crippen molar-refractivity contribution in [1.82, 2.24) is 10.0 Å². The van der Waals surface area contributed by atoms with Crippen molar-refractivity contribution in [2.75, 3.05) is 13.1 Å². The Hall–Kier alpha value is -4.15. The van der Waals surface area contributed by atoms with Crippen LogP contribution >= 0.6 is 0 Å². The summed E-state index contributed by atoms with van der Waals surface area (Å²) in [5, 5.41) is 21.7. The Kier molecular flexibility index (Phi) is 8.83. The Labute approximate surface area is 211 Å². The predicted octanol–water partition coefficient (Wildman–Crippen LogP) is 1.38. The van der Waals surface area contributed by atoms with E-state index in [1.54, 1.807) is 36.7 Å². The lowest BCUT2D eigenvalue weighted by Gasteiger charge is -2.16. The molecular formula is C26H30BFN6O2. The average molecular weight is 488 g/mol. The van der Waals surface area contributed by atoms with Gasteiger partial charge in [0.1, 0.15) is 13.6 Å². The summed E-state index contributed by atoms with van der Waals surface area (Å²) >= 11 is 0. The molecule has 0 saturated heterocycles. The summed E-state index contributed by atoms with van der Waals surface area (Å²) in [5.74, 6) is 11.1. The van der Waals surface area contributed by atoms with E-state index in [1.165, 1.54) is 22.2 Å². The molecule has 0 atom stereocenters. The minimum absolute atomic E-state index is 0.0522. The van der Waals surface area contributed by atoms with Crippen LogP contribution in [0.15, 0.2) is 73.1 Å². The SMILES string of the molecule is [B]c1cc(CCN(N)/C=C(\N)c2ccc(/C(N)=C/N(N)CCc3ccc(O)c(F)c3)cc2)ccc1O. The largest absolute Gasteiger partial charge is 0.509 e. The zero-order valence-electron chi connectivity index (χ0n) is 19.8. The predicted molar refractivity (Wildman–Crippen MR) is 142 cm³/mol. The van der Waals surface area contributed by atoms with Gasteiger partial charge in [0.25, 0.3) is 0 Å². The van der Waals surface area contributed by atoms with Gasteiger partial charge < -0.3 is 31.7 Å². The van der Waals surface area contributed by atoms with Gasteiger partial charge in [0.2, 0.25) is 0 Å². The van der Waals surface area contributed by atoms with Crippen LogP contribution in [0.2, 0.25) is 0 Å². The van der Waals surface area contributed by atoms with Crippen LogP contribution < -0.4 is 28.6 Å². The van der Waals surface area contributed by atoms with E-state index < -0.39 is 5.82 Å². The highest BCUT2D eigenvalue weighted by Crippen LogP contribution is 2.18. The molecule has 0 aromatic heterocycles. The van der Waals surface area contributed by atoms with Crippen molar-refractivity contribution in [3.63, 3.8) is 0 Å². The first-order valence-electron chi connectivity index (χ1n) is 11.2. The molecule has 0 unspecified atom stereocenters. The lowest BCUT2D eigenvalue weighted by atomic mass is 9.92. The number of nitrogens with two attached hydrogens (primary N) is 4. The number of aromatic hydroxyl groups is 2. The molecule has 0 fully saturated rings. The first kappa shape index (κ1) is 26.5. The van der Waals surface area contributed by atoms with E-state index in [0.717, 1.165) is 16.7 Å². The average Bonchev–Trinajstić information content (AvgIpc) is 2.85. The summed E-state index contributed by atoms with van der Waals surface area (Å²) in [6.07, 6.45) is 4.35. The number of nitrogens with zero attached hydrogens (tertiary/aromatic N) is 2. The van der Waals surface area contributed by atoms with Crippen LogP contribution in [0.3, 0.4) is 0 Å². The van der Waals surface area contributed by atoms with Gasteiger partial charge in [-0.25, -0.2) is 16.1 Å². The maximum Gasteiger partial charge on any atom is 0.165 e. The third-order valence-electron chi connectivity index (χ3n) is 5.58. The van der Waals surface area contributed by atoms with Gasteiger partial charge >= 0.3 is 0 Å². The number of phenolic OH excluding ortho intramolecular Hbond substituents is 2. The van der Waals surface area contributed by atoms with Crippen molar-refractivity contribution in [3.05, 3.63) is 101 Å². The zero-order valence-corrected chi connectivity index (χ0v) is 19.8. The molecule has 0 aliphatic heterocycles. The summed E-state index contributed by atoms with van der Waals surface area (Å²) in [4.78, 5) is 0. The number of rotatable bonds is 10. The summed E-state index contributed by atoms with van der Waals surface area (Å²) in [5.41, 5.74) is 16.8. The topological polar surface area (TPSA) is 151 Å². The second kappa shape index (κ2) is 12.0. The fourth-order valence-corrected chi connectivity index (χ4v) is 3.47. The van der Waals surface area contributed by atoms with Crippen LogP contribution in [0.1, 0.15) is 22.3 Å². The minimum atomic E-state index is -0.667. The molecule has 0 saturated carbocycles. The molecule has 0 spiro atoms. The summed E-state index contributed by atoms with van der Waals surface area (Å²) in [7, 11) is 5.72. The number of hydrazine groups is 2. The summed E-state index contributed by atoms with van der Waals surface area (Å²) < 4.78 is 13.5. The van der Waals surface area contributed by atoms with Crippen molar-refractivity contribution < 1.29 is 14.6 Å². The molecule has 3 aromatic rings. The Morgan fingerprint density at radius 2 is 1.19 bits per heavy atom. The van der Waals surface area contributed by atoms with Gasteiger partial charge in [0.05, 0.1) is 11.4 Å². The van der Waals surface area contributed by atoms with E-state index >= 15 is 0 Å². The summed E-state index contributed by atoms with van der Waals surface area (Å²) in [6.45, 7) is 0.906. The molecule has 186 valence electrons. The van der Waals surface area contributed by atoms with Gasteiger partial charge in [-0.05, 0) is 53.3 Å². The van der Waals surface area contributed by atoms with Crippen molar-refractivity contribution in [2.45, 2.75) is 12.8 Å². The number of phenols is 2. The Morgan fingerprint density at radius 1 is 0.750 bits per heavy atom. The molecule has 10 N–H and O–H groups in total. The van der Waals surface area contributed by atoms with Gasteiger partial charge in [-0.1, -0.05) is 47.9 Å². The maximum atomic E-state index is 13.5. The lowest BCUT2D eigenvalue weighted by Crippen LogP contribution is -2.28. The highest BCUT2D eigenvalue weighted by atomic mass is 19.1. The molecule has 0 amide bonds. The van der Waals surface area contributed by atoms with Gasteiger partial charge in [0, 0.05) is 25.5 Å². The second-order valence-electron chi connectivity index (χ2n) is 8.40. The van der Waals surface area contributed by atoms with E-state index in [0.29, 0.717) is 48.4 Å². The summed E-state index contributed by atoms with van der Waals surface area (Å²) in [6, 6.07) is 16.6. The molecule has 3 aromatic carbocycles. The van der Waals surface area contributed by atoms with Crippen molar-refractivity contribution in [2.24, 2.45) is 23.2 Å². The van der Waals surface area contributed by atoms with Crippen molar-refractivity contribution >= 4 is 24.7 Å². The minimum Gasteiger partial charge on any atom is -0.509 e. The van der Waals surface area contributed by atoms with Crippen molar-refractivity contribution in [3.8, 4) is 11.5 Å². The van der Waals surface area contributed by atoms with E-state index in [1.807, 2.05) is 24.3 Å². The van der Waals surface area contributed by atoms with Crippen LogP contribution in [-0.2, 0) is 12.8 Å². The molecule has 3 rings (SSSR count). The highest BCUT2D eigenvalue weighted by Gasteiger charge is 2.06. The number of halogens is 1. The smallest absolute Gasteiger partial charge is 0.165 e. The fourth-order valence-electron chi connectivity index (χ4n) is 3.47. The van der Waals surface area contributed by atoms with Crippen LogP contribution in [-0.4, -0.2) is 41.2 Å². The quantitative estimate of drug-likeness (QED) is 0.142. The van der Waals surface area contributed by atoms with Gasteiger partial charge in [-0.3, -0.25) is 0 Å². The molecule has 0 aliphatic rings. The highest BCUT2D eigenvalue weighted by molar-refractivity contribution is 6.34. The first-order chi connectivity index (χ1) is 17.1. The Balaban J connectivity index is 1.55. The number of hydrogen-bond donors (Lipinski definition) is 6. The van der Waals surface area contributed by atoms with Gasteiger partial charge in [-0.15, -0.1) is 0 Å². The fraction of sp³-hybridized carbons (Fsp3) is 0.154. The molecular weight excluding hydrogens is 458 g/mol. The number of hydrogen-bond acceptors (Lipinski definition) is 8. The molecule has 0 heterocycles. The number of benzene rings is 3. The van der Waals surface area contributed by atoms with E-state index in [2.05, 4.69) is 0 Å². The van der Waals surface area contributed by atoms with Crippen molar-refractivity contribution in [1.29, 1.82) is 0 Å². The van der Waals surface area contributed by atoms with Gasteiger partial charge in [-0.2, -0.15) is 0 Å². The Morgan fingerprint density at radius 3 is 1.64 bits per heavy atom. The molecule has 8 nitrogen and oxygen atoms in total. The van der Waals surface area contributed by atoms with Gasteiger partial charge in [0.15, 0.2) is 11.6 Å². The molecule has 0 bridgehead atoms. The third-order valence-corrected chi connectivity index (χ3v) is 5.58. The monoisotopic (exact) mass is 488 g/mol. The molecule has 0 aliphatic carbocycles.